The van der Waals surface area contributed by atoms with Crippen molar-refractivity contribution in [3.05, 3.63) is 24.3 Å². The van der Waals surface area contributed by atoms with Gasteiger partial charge in [-0.15, -0.1) is 0 Å². The summed E-state index contributed by atoms with van der Waals surface area (Å²) in [5, 5.41) is 13.2. The molecule has 1 saturated heterocycles. The van der Waals surface area contributed by atoms with Crippen LogP contribution in [-0.2, 0) is 0 Å². The van der Waals surface area contributed by atoms with Crippen LogP contribution in [0.3, 0.4) is 0 Å². The number of anilines is 2. The standard InChI is InChI=1S/C15H22N2O/c18-15-5-3-4-14(15)16-12-6-8-13(9-7-12)17-10-1-2-11-17/h6-9,14-16,18H,1-5,10-11H2/t14-,15-/m1/s1. The van der Waals surface area contributed by atoms with Crippen LogP contribution in [0.5, 0.6) is 0 Å². The van der Waals surface area contributed by atoms with E-state index in [4.69, 9.17) is 0 Å². The maximum atomic E-state index is 9.81. The van der Waals surface area contributed by atoms with Gasteiger partial charge in [0.25, 0.3) is 0 Å². The molecule has 98 valence electrons. The third kappa shape index (κ3) is 2.46. The van der Waals surface area contributed by atoms with Crippen LogP contribution in [0.15, 0.2) is 24.3 Å². The van der Waals surface area contributed by atoms with E-state index < -0.39 is 0 Å². The molecule has 2 atom stereocenters. The van der Waals surface area contributed by atoms with Crippen molar-refractivity contribution in [3.8, 4) is 0 Å². The van der Waals surface area contributed by atoms with E-state index in [0.29, 0.717) is 0 Å². The monoisotopic (exact) mass is 246 g/mol. The smallest absolute Gasteiger partial charge is 0.0741 e. The van der Waals surface area contributed by atoms with Crippen molar-refractivity contribution in [1.82, 2.24) is 0 Å². The Bertz CT molecular complexity index is 384. The molecule has 1 aliphatic carbocycles. The molecule has 0 radical (unpaired) electrons. The number of nitrogens with zero attached hydrogens (tertiary/aromatic N) is 1. The fourth-order valence-corrected chi connectivity index (χ4v) is 3.07. The van der Waals surface area contributed by atoms with Crippen LogP contribution in [0.2, 0.25) is 0 Å². The molecule has 0 bridgehead atoms. The van der Waals surface area contributed by atoms with Crippen LogP contribution in [-0.4, -0.2) is 30.3 Å². The molecule has 3 rings (SSSR count). The lowest BCUT2D eigenvalue weighted by molar-refractivity contribution is 0.172. The van der Waals surface area contributed by atoms with Gasteiger partial charge < -0.3 is 15.3 Å². The third-order valence-corrected chi connectivity index (χ3v) is 4.17. The second kappa shape index (κ2) is 5.19. The van der Waals surface area contributed by atoms with Gasteiger partial charge in [0.05, 0.1) is 12.1 Å². The summed E-state index contributed by atoms with van der Waals surface area (Å²) < 4.78 is 0. The highest BCUT2D eigenvalue weighted by Crippen LogP contribution is 2.25. The Hall–Kier alpha value is -1.22. The molecule has 2 N–H and O–H groups in total. The van der Waals surface area contributed by atoms with E-state index in [2.05, 4.69) is 34.5 Å². The minimum absolute atomic E-state index is 0.178. The molecule has 0 amide bonds. The largest absolute Gasteiger partial charge is 0.391 e. The van der Waals surface area contributed by atoms with Crippen molar-refractivity contribution in [2.45, 2.75) is 44.2 Å². The van der Waals surface area contributed by atoms with Crippen molar-refractivity contribution < 1.29 is 5.11 Å². The molecule has 1 saturated carbocycles. The molecular formula is C15H22N2O. The van der Waals surface area contributed by atoms with E-state index >= 15 is 0 Å². The average Bonchev–Trinajstić information content (AvgIpc) is 3.03. The summed E-state index contributed by atoms with van der Waals surface area (Å²) in [6.07, 6.45) is 5.59. The van der Waals surface area contributed by atoms with E-state index in [-0.39, 0.29) is 12.1 Å². The van der Waals surface area contributed by atoms with Crippen LogP contribution in [0, 0.1) is 0 Å². The predicted molar refractivity (Wildman–Crippen MR) is 75.2 cm³/mol. The normalized spacial score (nSPS) is 27.7. The second-order valence-electron chi connectivity index (χ2n) is 5.49. The van der Waals surface area contributed by atoms with Gasteiger partial charge in [0, 0.05) is 24.5 Å². The Labute approximate surface area is 109 Å². The predicted octanol–water partition coefficient (Wildman–Crippen LogP) is 2.61. The number of aliphatic hydroxyl groups is 1. The van der Waals surface area contributed by atoms with Crippen molar-refractivity contribution in [2.75, 3.05) is 23.3 Å². The van der Waals surface area contributed by atoms with Crippen LogP contribution in [0.1, 0.15) is 32.1 Å². The molecule has 18 heavy (non-hydrogen) atoms. The zero-order valence-electron chi connectivity index (χ0n) is 10.8. The summed E-state index contributed by atoms with van der Waals surface area (Å²) in [6.45, 7) is 2.38. The van der Waals surface area contributed by atoms with Crippen LogP contribution >= 0.6 is 0 Å². The Morgan fingerprint density at radius 2 is 1.72 bits per heavy atom. The fourth-order valence-electron chi connectivity index (χ4n) is 3.07. The summed E-state index contributed by atoms with van der Waals surface area (Å²) in [5.74, 6) is 0. The highest BCUT2D eigenvalue weighted by atomic mass is 16.3. The SMILES string of the molecule is O[C@@H]1CCC[C@H]1Nc1ccc(N2CCCC2)cc1. The Balaban J connectivity index is 1.63. The quantitative estimate of drug-likeness (QED) is 0.860. The van der Waals surface area contributed by atoms with Gasteiger partial charge >= 0.3 is 0 Å². The molecule has 0 spiro atoms. The van der Waals surface area contributed by atoms with Gasteiger partial charge in [0.15, 0.2) is 0 Å². The lowest BCUT2D eigenvalue weighted by Crippen LogP contribution is -2.27. The van der Waals surface area contributed by atoms with E-state index in [9.17, 15) is 5.11 Å². The second-order valence-corrected chi connectivity index (χ2v) is 5.49. The minimum atomic E-state index is -0.178. The van der Waals surface area contributed by atoms with Crippen LogP contribution in [0.25, 0.3) is 0 Å². The lowest BCUT2D eigenvalue weighted by atomic mass is 10.2. The van der Waals surface area contributed by atoms with E-state index in [1.165, 1.54) is 31.6 Å². The highest BCUT2D eigenvalue weighted by molar-refractivity contribution is 5.56. The average molecular weight is 246 g/mol. The molecule has 1 heterocycles. The van der Waals surface area contributed by atoms with Gasteiger partial charge in [0.1, 0.15) is 0 Å². The topological polar surface area (TPSA) is 35.5 Å². The summed E-state index contributed by atoms with van der Waals surface area (Å²) in [7, 11) is 0. The van der Waals surface area contributed by atoms with Crippen molar-refractivity contribution in [2.24, 2.45) is 0 Å². The van der Waals surface area contributed by atoms with Gasteiger partial charge in [-0.1, -0.05) is 0 Å². The molecule has 0 aromatic heterocycles. The van der Waals surface area contributed by atoms with Crippen molar-refractivity contribution in [1.29, 1.82) is 0 Å². The molecule has 3 heteroatoms. The number of benzene rings is 1. The van der Waals surface area contributed by atoms with Gasteiger partial charge in [-0.3, -0.25) is 0 Å². The maximum Gasteiger partial charge on any atom is 0.0741 e. The number of rotatable bonds is 3. The lowest BCUT2D eigenvalue weighted by Gasteiger charge is -2.20. The van der Waals surface area contributed by atoms with Gasteiger partial charge in [0.2, 0.25) is 0 Å². The molecular weight excluding hydrogens is 224 g/mol. The summed E-state index contributed by atoms with van der Waals surface area (Å²) in [5.41, 5.74) is 2.45. The summed E-state index contributed by atoms with van der Waals surface area (Å²) >= 11 is 0. The Morgan fingerprint density at radius 3 is 2.33 bits per heavy atom. The molecule has 2 fully saturated rings. The molecule has 2 aliphatic rings. The number of aliphatic hydroxyl groups excluding tert-OH is 1. The molecule has 0 unspecified atom stereocenters. The molecule has 1 aromatic rings. The zero-order valence-corrected chi connectivity index (χ0v) is 10.8. The Kier molecular flexibility index (Phi) is 3.41. The van der Waals surface area contributed by atoms with Crippen molar-refractivity contribution in [3.63, 3.8) is 0 Å². The van der Waals surface area contributed by atoms with E-state index in [1.54, 1.807) is 0 Å². The van der Waals surface area contributed by atoms with Crippen molar-refractivity contribution >= 4 is 11.4 Å². The number of hydrogen-bond acceptors (Lipinski definition) is 3. The molecule has 1 aliphatic heterocycles. The van der Waals surface area contributed by atoms with Gasteiger partial charge in [-0.2, -0.15) is 0 Å². The number of hydrogen-bond donors (Lipinski definition) is 2. The molecule has 3 nitrogen and oxygen atoms in total. The summed E-state index contributed by atoms with van der Waals surface area (Å²) in [4.78, 5) is 2.44. The van der Waals surface area contributed by atoms with E-state index in [1.807, 2.05) is 0 Å². The van der Waals surface area contributed by atoms with Gasteiger partial charge in [-0.25, -0.2) is 0 Å². The maximum absolute atomic E-state index is 9.81. The van der Waals surface area contributed by atoms with Crippen LogP contribution in [0.4, 0.5) is 11.4 Å². The first-order valence-corrected chi connectivity index (χ1v) is 7.12. The number of nitrogens with one attached hydrogen (secondary N) is 1. The first kappa shape index (κ1) is 11.8. The first-order valence-electron chi connectivity index (χ1n) is 7.12. The first-order chi connectivity index (χ1) is 8.83. The van der Waals surface area contributed by atoms with E-state index in [0.717, 1.165) is 24.9 Å². The third-order valence-electron chi connectivity index (χ3n) is 4.17. The highest BCUT2D eigenvalue weighted by Gasteiger charge is 2.24. The van der Waals surface area contributed by atoms with Crippen LogP contribution < -0.4 is 10.2 Å². The minimum Gasteiger partial charge on any atom is -0.391 e. The molecule has 1 aromatic carbocycles. The zero-order chi connectivity index (χ0) is 12.4. The summed E-state index contributed by atoms with van der Waals surface area (Å²) in [6, 6.07) is 8.89. The van der Waals surface area contributed by atoms with Gasteiger partial charge in [-0.05, 0) is 56.4 Å². The fraction of sp³-hybridized carbons (Fsp3) is 0.600. The Morgan fingerprint density at radius 1 is 1.00 bits per heavy atom.